The van der Waals surface area contributed by atoms with Crippen molar-refractivity contribution in [1.82, 2.24) is 20.6 Å². The summed E-state index contributed by atoms with van der Waals surface area (Å²) >= 11 is 0. The Labute approximate surface area is 120 Å². The largest absolute Gasteiger partial charge is 0.372 e. The van der Waals surface area contributed by atoms with E-state index in [2.05, 4.69) is 20.6 Å². The molecule has 0 bridgehead atoms. The van der Waals surface area contributed by atoms with E-state index in [-0.39, 0.29) is 10.9 Å². The lowest BCUT2D eigenvalue weighted by atomic mass is 10.1. The van der Waals surface area contributed by atoms with Gasteiger partial charge in [-0.05, 0) is 16.8 Å². The summed E-state index contributed by atoms with van der Waals surface area (Å²) in [5.41, 5.74) is 1.31. The Morgan fingerprint density at radius 2 is 1.67 bits per heavy atom. The summed E-state index contributed by atoms with van der Waals surface area (Å²) < 4.78 is 29.5. The van der Waals surface area contributed by atoms with Crippen LogP contribution in [-0.4, -0.2) is 29.0 Å². The quantitative estimate of drug-likeness (QED) is 0.736. The lowest BCUT2D eigenvalue weighted by Crippen LogP contribution is -2.12. The van der Waals surface area contributed by atoms with Crippen LogP contribution in [0.15, 0.2) is 59.5 Å². The Morgan fingerprint density at radius 3 is 2.38 bits per heavy atom. The third-order valence-corrected chi connectivity index (χ3v) is 4.01. The predicted molar refractivity (Wildman–Crippen MR) is 73.9 cm³/mol. The van der Waals surface area contributed by atoms with Gasteiger partial charge in [0.25, 0.3) is 0 Å². The fourth-order valence-electron chi connectivity index (χ4n) is 1.87. The summed E-state index contributed by atoms with van der Waals surface area (Å²) in [7, 11) is -4.05. The molecule has 1 N–H and O–H groups in total. The summed E-state index contributed by atoms with van der Waals surface area (Å²) in [5, 5.41) is 12.3. The molecule has 0 amide bonds. The first-order valence-electron chi connectivity index (χ1n) is 5.99. The van der Waals surface area contributed by atoms with E-state index < -0.39 is 10.1 Å². The van der Waals surface area contributed by atoms with E-state index in [1.807, 2.05) is 30.3 Å². The van der Waals surface area contributed by atoms with Gasteiger partial charge in [-0.25, -0.2) is 0 Å². The highest BCUT2D eigenvalue weighted by molar-refractivity contribution is 7.87. The molecule has 0 saturated carbocycles. The number of H-pyrrole nitrogens is 1. The minimum absolute atomic E-state index is 0.0426. The highest BCUT2D eigenvalue weighted by Crippen LogP contribution is 2.28. The topological polar surface area (TPSA) is 97.8 Å². The van der Waals surface area contributed by atoms with Gasteiger partial charge in [-0.15, -0.1) is 0 Å². The maximum atomic E-state index is 12.3. The Kier molecular flexibility index (Phi) is 3.36. The van der Waals surface area contributed by atoms with Crippen LogP contribution in [0.25, 0.3) is 11.1 Å². The van der Waals surface area contributed by atoms with Crippen LogP contribution in [0, 0.1) is 0 Å². The van der Waals surface area contributed by atoms with E-state index in [0.29, 0.717) is 5.56 Å². The fourth-order valence-corrected chi connectivity index (χ4v) is 2.93. The lowest BCUT2D eigenvalue weighted by molar-refractivity contribution is 0.464. The van der Waals surface area contributed by atoms with Crippen molar-refractivity contribution in [1.29, 1.82) is 0 Å². The van der Waals surface area contributed by atoms with Gasteiger partial charge in [-0.2, -0.15) is 13.6 Å². The molecule has 8 heteroatoms. The van der Waals surface area contributed by atoms with E-state index in [9.17, 15) is 8.42 Å². The molecule has 1 heterocycles. The van der Waals surface area contributed by atoms with Crippen molar-refractivity contribution in [3.63, 3.8) is 0 Å². The van der Waals surface area contributed by atoms with E-state index in [1.165, 1.54) is 6.07 Å². The molecular formula is C13H10N4O3S. The SMILES string of the molecule is O=S(=O)(Oc1nn[nH]n1)c1ccccc1-c1ccccc1. The molecule has 0 fully saturated rings. The number of benzene rings is 2. The van der Waals surface area contributed by atoms with Gasteiger partial charge in [0.15, 0.2) is 0 Å². The lowest BCUT2D eigenvalue weighted by Gasteiger charge is -2.09. The van der Waals surface area contributed by atoms with Gasteiger partial charge < -0.3 is 4.18 Å². The third-order valence-electron chi connectivity index (χ3n) is 2.75. The summed E-state index contributed by atoms with van der Waals surface area (Å²) in [6.45, 7) is 0. The molecule has 0 radical (unpaired) electrons. The van der Waals surface area contributed by atoms with Crippen molar-refractivity contribution in [2.24, 2.45) is 0 Å². The molecule has 7 nitrogen and oxygen atoms in total. The van der Waals surface area contributed by atoms with Gasteiger partial charge in [0.2, 0.25) is 0 Å². The molecule has 1 aromatic heterocycles. The number of rotatable bonds is 4. The smallest absolute Gasteiger partial charge is 0.337 e. The first-order valence-corrected chi connectivity index (χ1v) is 7.40. The van der Waals surface area contributed by atoms with Crippen LogP contribution in [-0.2, 0) is 10.1 Å². The maximum absolute atomic E-state index is 12.3. The van der Waals surface area contributed by atoms with Crippen LogP contribution >= 0.6 is 0 Å². The van der Waals surface area contributed by atoms with Crippen molar-refractivity contribution in [2.75, 3.05) is 0 Å². The second kappa shape index (κ2) is 5.33. The van der Waals surface area contributed by atoms with Gasteiger partial charge in [0, 0.05) is 5.56 Å². The van der Waals surface area contributed by atoms with Crippen LogP contribution in [0.2, 0.25) is 0 Å². The van der Waals surface area contributed by atoms with Crippen molar-refractivity contribution >= 4 is 10.1 Å². The molecule has 0 atom stereocenters. The van der Waals surface area contributed by atoms with E-state index >= 15 is 0 Å². The molecule has 21 heavy (non-hydrogen) atoms. The first kappa shape index (κ1) is 13.3. The number of aromatic amines is 1. The molecule has 0 aliphatic heterocycles. The van der Waals surface area contributed by atoms with Gasteiger partial charge in [0.05, 0.1) is 0 Å². The van der Waals surface area contributed by atoms with Crippen molar-refractivity contribution in [2.45, 2.75) is 4.90 Å². The number of tetrazole rings is 1. The fraction of sp³-hybridized carbons (Fsp3) is 0. The highest BCUT2D eigenvalue weighted by Gasteiger charge is 2.23. The number of nitrogens with one attached hydrogen (secondary N) is 1. The molecule has 0 unspecified atom stereocenters. The predicted octanol–water partition coefficient (Wildman–Crippen LogP) is 1.63. The molecule has 0 saturated heterocycles. The van der Waals surface area contributed by atoms with Crippen LogP contribution in [0.4, 0.5) is 0 Å². The second-order valence-corrected chi connectivity index (χ2v) is 5.61. The molecular weight excluding hydrogens is 292 g/mol. The minimum atomic E-state index is -4.05. The van der Waals surface area contributed by atoms with Crippen LogP contribution in [0.1, 0.15) is 0 Å². The number of nitrogens with zero attached hydrogens (tertiary/aromatic N) is 3. The summed E-state index contributed by atoms with van der Waals surface area (Å²) in [5.74, 6) is 0. The van der Waals surface area contributed by atoms with Gasteiger partial charge in [0.1, 0.15) is 4.90 Å². The van der Waals surface area contributed by atoms with Gasteiger partial charge >= 0.3 is 16.1 Å². The number of aromatic nitrogens is 4. The zero-order valence-electron chi connectivity index (χ0n) is 10.7. The zero-order valence-corrected chi connectivity index (χ0v) is 11.5. The Balaban J connectivity index is 2.07. The molecule has 3 rings (SSSR count). The number of hydrogen-bond donors (Lipinski definition) is 1. The van der Waals surface area contributed by atoms with Crippen LogP contribution in [0.5, 0.6) is 6.01 Å². The molecule has 2 aromatic carbocycles. The van der Waals surface area contributed by atoms with E-state index in [1.54, 1.807) is 18.2 Å². The average Bonchev–Trinajstić information content (AvgIpc) is 3.00. The first-order chi connectivity index (χ1) is 10.2. The third kappa shape index (κ3) is 2.75. The second-order valence-electron chi connectivity index (χ2n) is 4.09. The monoisotopic (exact) mass is 302 g/mol. The van der Waals surface area contributed by atoms with Crippen molar-refractivity contribution in [3.8, 4) is 17.1 Å². The van der Waals surface area contributed by atoms with E-state index in [4.69, 9.17) is 4.18 Å². The maximum Gasteiger partial charge on any atom is 0.372 e. The van der Waals surface area contributed by atoms with Gasteiger partial charge in [-0.3, -0.25) is 0 Å². The van der Waals surface area contributed by atoms with Crippen molar-refractivity contribution in [3.05, 3.63) is 54.6 Å². The van der Waals surface area contributed by atoms with Crippen LogP contribution in [0.3, 0.4) is 0 Å². The Morgan fingerprint density at radius 1 is 0.952 bits per heavy atom. The molecule has 0 aliphatic rings. The Hall–Kier alpha value is -2.74. The van der Waals surface area contributed by atoms with E-state index in [0.717, 1.165) is 5.56 Å². The summed E-state index contributed by atoms with van der Waals surface area (Å²) in [6, 6.07) is 15.4. The standard InChI is InChI=1S/C13H10N4O3S/c18-21(19,20-13-14-16-17-15-13)12-9-5-4-8-11(12)10-6-2-1-3-7-10/h1-9H,(H,14,15,16,17). The number of hydrogen-bond acceptors (Lipinski definition) is 6. The highest BCUT2D eigenvalue weighted by atomic mass is 32.2. The average molecular weight is 302 g/mol. The summed E-state index contributed by atoms with van der Waals surface area (Å²) in [4.78, 5) is 0.0426. The van der Waals surface area contributed by atoms with Crippen LogP contribution < -0.4 is 4.18 Å². The molecule has 0 spiro atoms. The van der Waals surface area contributed by atoms with Gasteiger partial charge in [-0.1, -0.05) is 58.7 Å². The normalized spacial score (nSPS) is 11.2. The molecule has 3 aromatic rings. The molecule has 0 aliphatic carbocycles. The zero-order chi connectivity index (χ0) is 14.7. The van der Waals surface area contributed by atoms with Crippen molar-refractivity contribution < 1.29 is 12.6 Å². The minimum Gasteiger partial charge on any atom is -0.337 e. The molecule has 106 valence electrons. The summed E-state index contributed by atoms with van der Waals surface area (Å²) in [6.07, 6.45) is 0. The Bertz CT molecular complexity index is 833.